The molecule has 9 heteroatoms. The number of anilines is 1. The normalized spacial score (nSPS) is 34.5. The van der Waals surface area contributed by atoms with Crippen LogP contribution in [-0.4, -0.2) is 53.8 Å². The molecule has 0 saturated carbocycles. The van der Waals surface area contributed by atoms with E-state index in [2.05, 4.69) is 10.6 Å². The quantitative estimate of drug-likeness (QED) is 0.577. The maximum absolute atomic E-state index is 13.5. The molecule has 5 atom stereocenters. The molecule has 3 saturated heterocycles. The molecule has 4 aliphatic rings. The number of nitrogens with zero attached hydrogens (tertiary/aromatic N) is 1. The summed E-state index contributed by atoms with van der Waals surface area (Å²) in [4.78, 5) is 52.8. The van der Waals surface area contributed by atoms with Crippen molar-refractivity contribution in [3.63, 3.8) is 0 Å². The zero-order chi connectivity index (χ0) is 21.0. The summed E-state index contributed by atoms with van der Waals surface area (Å²) in [6.07, 6.45) is 1.86. The van der Waals surface area contributed by atoms with Crippen molar-refractivity contribution < 1.29 is 23.9 Å². The molecule has 0 radical (unpaired) electrons. The van der Waals surface area contributed by atoms with Gasteiger partial charge in [-0.25, -0.2) is 0 Å². The average Bonchev–Trinajstić information content (AvgIpc) is 3.46. The highest BCUT2D eigenvalue weighted by molar-refractivity contribution is 6.15. The van der Waals surface area contributed by atoms with E-state index in [0.29, 0.717) is 17.9 Å². The fourth-order valence-corrected chi connectivity index (χ4v) is 5.54. The lowest BCUT2D eigenvalue weighted by molar-refractivity contribution is -0.144. The summed E-state index contributed by atoms with van der Waals surface area (Å²) in [5, 5.41) is 6.14. The second-order valence-corrected chi connectivity index (χ2v) is 8.49. The van der Waals surface area contributed by atoms with E-state index in [1.54, 1.807) is 24.3 Å². The molecular formula is C21H24N4O5. The van der Waals surface area contributed by atoms with E-state index in [1.165, 1.54) is 4.90 Å². The minimum absolute atomic E-state index is 0.0629. The van der Waals surface area contributed by atoms with Gasteiger partial charge in [0, 0.05) is 30.3 Å². The topological polar surface area (TPSA) is 131 Å². The Morgan fingerprint density at radius 2 is 2.03 bits per heavy atom. The van der Waals surface area contributed by atoms with Crippen LogP contribution < -0.4 is 16.4 Å². The lowest BCUT2D eigenvalue weighted by atomic mass is 9.76. The Morgan fingerprint density at radius 3 is 2.77 bits per heavy atom. The van der Waals surface area contributed by atoms with Gasteiger partial charge in [0.15, 0.2) is 0 Å². The molecule has 30 heavy (non-hydrogen) atoms. The Kier molecular flexibility index (Phi) is 4.41. The van der Waals surface area contributed by atoms with Crippen LogP contribution in [0.15, 0.2) is 24.3 Å². The van der Waals surface area contributed by atoms with E-state index in [0.717, 1.165) is 12.8 Å². The number of nitrogens with two attached hydrogens (primary N) is 1. The summed E-state index contributed by atoms with van der Waals surface area (Å²) in [7, 11) is 0. The van der Waals surface area contributed by atoms with Crippen molar-refractivity contribution in [2.24, 2.45) is 17.6 Å². The molecule has 4 N–H and O–H groups in total. The molecule has 3 fully saturated rings. The Labute approximate surface area is 173 Å². The van der Waals surface area contributed by atoms with Crippen molar-refractivity contribution in [1.82, 2.24) is 10.2 Å². The molecule has 1 spiro atoms. The molecule has 4 heterocycles. The minimum atomic E-state index is -1.33. The van der Waals surface area contributed by atoms with Crippen LogP contribution in [0.25, 0.3) is 0 Å². The number of fused-ring (bicyclic) bond motifs is 4. The first-order chi connectivity index (χ1) is 14.4. The molecule has 5 rings (SSSR count). The Hall–Kier alpha value is -2.78. The monoisotopic (exact) mass is 412 g/mol. The summed E-state index contributed by atoms with van der Waals surface area (Å²) < 4.78 is 5.63. The Bertz CT molecular complexity index is 943. The van der Waals surface area contributed by atoms with Gasteiger partial charge in [-0.15, -0.1) is 0 Å². The van der Waals surface area contributed by atoms with Gasteiger partial charge in [0.05, 0.1) is 24.5 Å². The van der Waals surface area contributed by atoms with Gasteiger partial charge < -0.3 is 15.8 Å². The number of para-hydroxylation sites is 1. The molecule has 0 aliphatic carbocycles. The van der Waals surface area contributed by atoms with E-state index in [4.69, 9.17) is 10.5 Å². The number of ether oxygens (including phenoxy) is 1. The van der Waals surface area contributed by atoms with Gasteiger partial charge in [0.1, 0.15) is 5.54 Å². The second kappa shape index (κ2) is 6.88. The molecule has 4 aliphatic heterocycles. The Balaban J connectivity index is 1.55. The lowest BCUT2D eigenvalue weighted by Gasteiger charge is -2.30. The van der Waals surface area contributed by atoms with Gasteiger partial charge in [0.2, 0.25) is 23.6 Å². The number of hydrogen-bond donors (Lipinski definition) is 3. The molecular weight excluding hydrogens is 388 g/mol. The predicted molar refractivity (Wildman–Crippen MR) is 105 cm³/mol. The number of benzene rings is 1. The molecule has 1 aromatic carbocycles. The second-order valence-electron chi connectivity index (χ2n) is 8.49. The average molecular weight is 412 g/mol. The van der Waals surface area contributed by atoms with E-state index < -0.39 is 29.3 Å². The van der Waals surface area contributed by atoms with Crippen molar-refractivity contribution in [2.75, 3.05) is 18.5 Å². The third-order valence-electron chi connectivity index (χ3n) is 6.83. The highest BCUT2D eigenvalue weighted by atomic mass is 16.5. The van der Waals surface area contributed by atoms with Crippen LogP contribution in [0.4, 0.5) is 5.69 Å². The summed E-state index contributed by atoms with van der Waals surface area (Å²) in [6, 6.07) is 6.68. The minimum Gasteiger partial charge on any atom is -0.376 e. The van der Waals surface area contributed by atoms with Gasteiger partial charge in [-0.3, -0.25) is 29.4 Å². The highest BCUT2D eigenvalue weighted by Gasteiger charge is 2.70. The van der Waals surface area contributed by atoms with E-state index in [9.17, 15) is 19.2 Å². The smallest absolute Gasteiger partial charge is 0.250 e. The van der Waals surface area contributed by atoms with Crippen LogP contribution in [-0.2, 0) is 29.5 Å². The molecule has 1 aromatic rings. The van der Waals surface area contributed by atoms with Crippen LogP contribution in [0.2, 0.25) is 0 Å². The maximum atomic E-state index is 13.5. The maximum Gasteiger partial charge on any atom is 0.250 e. The van der Waals surface area contributed by atoms with Crippen molar-refractivity contribution in [1.29, 1.82) is 0 Å². The van der Waals surface area contributed by atoms with Gasteiger partial charge in [-0.05, 0) is 25.3 Å². The van der Waals surface area contributed by atoms with Gasteiger partial charge >= 0.3 is 0 Å². The molecule has 9 nitrogen and oxygen atoms in total. The SMILES string of the molecule is NC(=O)CC[C@@H]1N[C@@]2(C(=O)Nc3ccccc32)[C@H]2C(=O)N(C[C@H]3CCCO3)C(=O)[C@@H]12. The van der Waals surface area contributed by atoms with Crippen molar-refractivity contribution >= 4 is 29.3 Å². The fourth-order valence-electron chi connectivity index (χ4n) is 5.54. The summed E-state index contributed by atoms with van der Waals surface area (Å²) in [6.45, 7) is 0.822. The molecule has 0 bridgehead atoms. The number of primary amides is 1. The number of rotatable bonds is 5. The standard InChI is InChI=1S/C21H24N4O5/c22-15(26)8-7-14-16-17(19(28)25(18(16)27)10-11-4-3-9-30-11)21(24-14)12-5-1-2-6-13(12)23-20(21)29/h1-2,5-6,11,14,16-17,24H,3-4,7-10H2,(H2,22,26)(H,23,29)/t11-,14+,16+,17-,21-/m1/s1. The van der Waals surface area contributed by atoms with E-state index in [1.807, 2.05) is 0 Å². The number of amides is 4. The van der Waals surface area contributed by atoms with Crippen molar-refractivity contribution in [3.05, 3.63) is 29.8 Å². The number of imide groups is 1. The highest BCUT2D eigenvalue weighted by Crippen LogP contribution is 2.53. The summed E-state index contributed by atoms with van der Waals surface area (Å²) in [5.74, 6) is -3.10. The molecule has 0 unspecified atom stereocenters. The number of nitrogens with one attached hydrogen (secondary N) is 2. The van der Waals surface area contributed by atoms with E-state index >= 15 is 0 Å². The summed E-state index contributed by atoms with van der Waals surface area (Å²) >= 11 is 0. The lowest BCUT2D eigenvalue weighted by Crippen LogP contribution is -2.53. The first-order valence-electron chi connectivity index (χ1n) is 10.4. The third kappa shape index (κ3) is 2.61. The third-order valence-corrected chi connectivity index (χ3v) is 6.83. The number of likely N-dealkylation sites (tertiary alicyclic amines) is 1. The van der Waals surface area contributed by atoms with Crippen LogP contribution in [0.1, 0.15) is 31.2 Å². The largest absolute Gasteiger partial charge is 0.376 e. The van der Waals surface area contributed by atoms with Crippen LogP contribution in [0.3, 0.4) is 0 Å². The van der Waals surface area contributed by atoms with Gasteiger partial charge in [-0.2, -0.15) is 0 Å². The van der Waals surface area contributed by atoms with Crippen LogP contribution in [0, 0.1) is 11.8 Å². The van der Waals surface area contributed by atoms with E-state index in [-0.39, 0.29) is 43.2 Å². The van der Waals surface area contributed by atoms with Gasteiger partial charge in [0.25, 0.3) is 0 Å². The fraction of sp³-hybridized carbons (Fsp3) is 0.524. The van der Waals surface area contributed by atoms with Gasteiger partial charge in [-0.1, -0.05) is 18.2 Å². The molecule has 0 aromatic heterocycles. The Morgan fingerprint density at radius 1 is 1.23 bits per heavy atom. The number of hydrogen-bond acceptors (Lipinski definition) is 6. The number of carbonyl (C=O) groups excluding carboxylic acids is 4. The van der Waals surface area contributed by atoms with Crippen LogP contribution >= 0.6 is 0 Å². The molecule has 4 amide bonds. The zero-order valence-electron chi connectivity index (χ0n) is 16.4. The number of carbonyl (C=O) groups is 4. The molecule has 158 valence electrons. The first-order valence-corrected chi connectivity index (χ1v) is 10.4. The van der Waals surface area contributed by atoms with Crippen LogP contribution in [0.5, 0.6) is 0 Å². The predicted octanol–water partition coefficient (Wildman–Crippen LogP) is -0.149. The summed E-state index contributed by atoms with van der Waals surface area (Å²) in [5.41, 5.74) is 5.28. The zero-order valence-corrected chi connectivity index (χ0v) is 16.4. The van der Waals surface area contributed by atoms with Crippen molar-refractivity contribution in [2.45, 2.75) is 43.4 Å². The van der Waals surface area contributed by atoms with Crippen molar-refractivity contribution in [3.8, 4) is 0 Å². The first kappa shape index (κ1) is 19.2.